The zero-order chi connectivity index (χ0) is 16.7. The van der Waals surface area contributed by atoms with Crippen LogP contribution in [0.2, 0.25) is 5.02 Å². The summed E-state index contributed by atoms with van der Waals surface area (Å²) in [4.78, 5) is 16.7. The van der Waals surface area contributed by atoms with E-state index in [1.54, 1.807) is 41.2 Å². The number of halogens is 1. The molecule has 0 unspecified atom stereocenters. The van der Waals surface area contributed by atoms with Crippen LogP contribution in [0.15, 0.2) is 54.2 Å². The van der Waals surface area contributed by atoms with E-state index in [1.807, 2.05) is 17.5 Å². The molecule has 0 radical (unpaired) electrons. The van der Waals surface area contributed by atoms with Gasteiger partial charge in [0.25, 0.3) is 0 Å². The molecule has 118 valence electrons. The van der Waals surface area contributed by atoms with E-state index in [9.17, 15) is 9.90 Å². The van der Waals surface area contributed by atoms with Gasteiger partial charge >= 0.3 is 5.97 Å². The highest BCUT2D eigenvalue weighted by atomic mass is 35.5. The van der Waals surface area contributed by atoms with Gasteiger partial charge in [-0.05, 0) is 23.8 Å². The third kappa shape index (κ3) is 2.46. The minimum atomic E-state index is -0.985. The van der Waals surface area contributed by atoms with E-state index in [1.165, 1.54) is 11.3 Å². The van der Waals surface area contributed by atoms with Crippen LogP contribution >= 0.6 is 22.9 Å². The lowest BCUT2D eigenvalue weighted by Crippen LogP contribution is -1.99. The molecule has 0 saturated heterocycles. The molecule has 0 spiro atoms. The number of aromatic nitrogens is 3. The molecule has 0 aliphatic rings. The Morgan fingerprint density at radius 2 is 2.04 bits per heavy atom. The quantitative estimate of drug-likeness (QED) is 0.588. The Kier molecular flexibility index (Phi) is 3.55. The molecular formula is C17H10ClN3O2S. The Morgan fingerprint density at radius 3 is 2.75 bits per heavy atom. The van der Waals surface area contributed by atoms with E-state index >= 15 is 0 Å². The number of benzene rings is 1. The second kappa shape index (κ2) is 5.74. The van der Waals surface area contributed by atoms with Crippen LogP contribution in [0, 0.1) is 0 Å². The summed E-state index contributed by atoms with van der Waals surface area (Å²) in [6.45, 7) is 0. The number of thiophene rings is 1. The van der Waals surface area contributed by atoms with E-state index in [0.29, 0.717) is 26.8 Å². The molecule has 0 saturated carbocycles. The standard InChI is InChI=1S/C17H10ClN3O2S/c18-11-4-2-10(3-5-11)12-9-24-16(15(12)17(22)23)13-8-14-19-6-1-7-21(14)20-13/h1-9H,(H,22,23). The molecule has 0 fully saturated rings. The van der Waals surface area contributed by atoms with E-state index < -0.39 is 5.97 Å². The number of carboxylic acid groups (broad SMARTS) is 1. The molecule has 0 aliphatic heterocycles. The summed E-state index contributed by atoms with van der Waals surface area (Å²) in [5.41, 5.74) is 2.97. The summed E-state index contributed by atoms with van der Waals surface area (Å²) in [5, 5.41) is 16.6. The summed E-state index contributed by atoms with van der Waals surface area (Å²) in [7, 11) is 0. The molecule has 1 aromatic carbocycles. The molecule has 24 heavy (non-hydrogen) atoms. The summed E-state index contributed by atoms with van der Waals surface area (Å²) in [6.07, 6.45) is 3.45. The molecule has 0 amide bonds. The van der Waals surface area contributed by atoms with E-state index in [4.69, 9.17) is 11.6 Å². The fourth-order valence-corrected chi connectivity index (χ4v) is 3.69. The fourth-order valence-electron chi connectivity index (χ4n) is 2.54. The molecule has 4 rings (SSSR count). The van der Waals surface area contributed by atoms with Gasteiger partial charge in [-0.3, -0.25) is 0 Å². The number of aromatic carboxylic acids is 1. The Morgan fingerprint density at radius 1 is 1.25 bits per heavy atom. The van der Waals surface area contributed by atoms with Crippen molar-refractivity contribution in [2.45, 2.75) is 0 Å². The van der Waals surface area contributed by atoms with E-state index in [2.05, 4.69) is 10.1 Å². The Hall–Kier alpha value is -2.70. The van der Waals surface area contributed by atoms with Gasteiger partial charge in [0, 0.05) is 34.4 Å². The number of fused-ring (bicyclic) bond motifs is 1. The number of hydrogen-bond acceptors (Lipinski definition) is 4. The third-order valence-electron chi connectivity index (χ3n) is 3.63. The first-order valence-corrected chi connectivity index (χ1v) is 8.31. The van der Waals surface area contributed by atoms with Gasteiger partial charge in [-0.2, -0.15) is 5.10 Å². The van der Waals surface area contributed by atoms with Gasteiger partial charge in [0.2, 0.25) is 0 Å². The molecular weight excluding hydrogens is 346 g/mol. The first-order chi connectivity index (χ1) is 11.6. The molecule has 7 heteroatoms. The van der Waals surface area contributed by atoms with Gasteiger partial charge in [0.15, 0.2) is 5.65 Å². The van der Waals surface area contributed by atoms with Crippen LogP contribution in [0.4, 0.5) is 0 Å². The molecule has 5 nitrogen and oxygen atoms in total. The molecule has 3 heterocycles. The van der Waals surface area contributed by atoms with Gasteiger partial charge in [-0.15, -0.1) is 11.3 Å². The average molecular weight is 356 g/mol. The summed E-state index contributed by atoms with van der Waals surface area (Å²) >= 11 is 7.27. The van der Waals surface area contributed by atoms with Crippen LogP contribution in [0.25, 0.3) is 27.3 Å². The Labute approximate surface area is 145 Å². The SMILES string of the molecule is O=C(O)c1c(-c2ccc(Cl)cc2)csc1-c1cc2ncccn2n1. The van der Waals surface area contributed by atoms with Crippen LogP contribution in [0.5, 0.6) is 0 Å². The van der Waals surface area contributed by atoms with Gasteiger partial charge in [0.1, 0.15) is 5.69 Å². The monoisotopic (exact) mass is 355 g/mol. The maximum atomic E-state index is 11.9. The van der Waals surface area contributed by atoms with E-state index in [0.717, 1.165) is 5.56 Å². The molecule has 0 aliphatic carbocycles. The zero-order valence-corrected chi connectivity index (χ0v) is 13.8. The number of hydrogen-bond donors (Lipinski definition) is 1. The number of nitrogens with zero attached hydrogens (tertiary/aromatic N) is 3. The maximum Gasteiger partial charge on any atom is 0.337 e. The van der Waals surface area contributed by atoms with Gasteiger partial charge in [-0.1, -0.05) is 23.7 Å². The molecule has 0 bridgehead atoms. The van der Waals surface area contributed by atoms with Crippen molar-refractivity contribution >= 4 is 34.6 Å². The minimum absolute atomic E-state index is 0.241. The second-order valence-electron chi connectivity index (χ2n) is 5.12. The lowest BCUT2D eigenvalue weighted by atomic mass is 10.0. The van der Waals surface area contributed by atoms with Gasteiger partial charge in [-0.25, -0.2) is 14.3 Å². The maximum absolute atomic E-state index is 11.9. The third-order valence-corrected chi connectivity index (χ3v) is 4.88. The first kappa shape index (κ1) is 14.9. The average Bonchev–Trinajstić information content (AvgIpc) is 3.19. The molecule has 3 aromatic heterocycles. The van der Waals surface area contributed by atoms with Crippen molar-refractivity contribution < 1.29 is 9.90 Å². The lowest BCUT2D eigenvalue weighted by Gasteiger charge is -2.02. The zero-order valence-electron chi connectivity index (χ0n) is 12.2. The fraction of sp³-hybridized carbons (Fsp3) is 0. The molecule has 1 N–H and O–H groups in total. The van der Waals surface area contributed by atoms with Crippen molar-refractivity contribution in [1.82, 2.24) is 14.6 Å². The summed E-state index contributed by atoms with van der Waals surface area (Å²) in [6, 6.07) is 10.7. The Bertz CT molecular complexity index is 1020. The van der Waals surface area contributed by atoms with Crippen molar-refractivity contribution in [1.29, 1.82) is 0 Å². The Balaban J connectivity index is 1.90. The van der Waals surface area contributed by atoms with E-state index in [-0.39, 0.29) is 5.56 Å². The predicted molar refractivity (Wildman–Crippen MR) is 93.7 cm³/mol. The first-order valence-electron chi connectivity index (χ1n) is 7.05. The van der Waals surface area contributed by atoms with Gasteiger partial charge < -0.3 is 5.11 Å². The smallest absolute Gasteiger partial charge is 0.337 e. The number of carboxylic acids is 1. The van der Waals surface area contributed by atoms with Gasteiger partial charge in [0.05, 0.1) is 10.4 Å². The van der Waals surface area contributed by atoms with Crippen LogP contribution < -0.4 is 0 Å². The molecule has 0 atom stereocenters. The largest absolute Gasteiger partial charge is 0.478 e. The van der Waals surface area contributed by atoms with Crippen LogP contribution in [0.1, 0.15) is 10.4 Å². The lowest BCUT2D eigenvalue weighted by molar-refractivity contribution is 0.0699. The van der Waals surface area contributed by atoms with Crippen LogP contribution in [0.3, 0.4) is 0 Å². The topological polar surface area (TPSA) is 67.5 Å². The number of carbonyl (C=O) groups is 1. The van der Waals surface area contributed by atoms with Crippen molar-refractivity contribution in [3.8, 4) is 21.7 Å². The van der Waals surface area contributed by atoms with Crippen LogP contribution in [-0.2, 0) is 0 Å². The summed E-state index contributed by atoms with van der Waals surface area (Å²) < 4.78 is 1.63. The number of rotatable bonds is 3. The minimum Gasteiger partial charge on any atom is -0.478 e. The van der Waals surface area contributed by atoms with Crippen molar-refractivity contribution in [3.05, 3.63) is 64.8 Å². The van der Waals surface area contributed by atoms with Crippen molar-refractivity contribution in [2.75, 3.05) is 0 Å². The molecule has 4 aromatic rings. The highest BCUT2D eigenvalue weighted by Gasteiger charge is 2.22. The predicted octanol–water partition coefficient (Wildman–Crippen LogP) is 4.48. The second-order valence-corrected chi connectivity index (χ2v) is 6.43. The van der Waals surface area contributed by atoms with Crippen molar-refractivity contribution in [2.24, 2.45) is 0 Å². The van der Waals surface area contributed by atoms with Crippen LogP contribution in [-0.4, -0.2) is 25.7 Å². The van der Waals surface area contributed by atoms with Crippen molar-refractivity contribution in [3.63, 3.8) is 0 Å². The normalized spacial score (nSPS) is 11.0. The highest BCUT2D eigenvalue weighted by molar-refractivity contribution is 7.14. The summed E-state index contributed by atoms with van der Waals surface area (Å²) in [5.74, 6) is -0.985. The highest BCUT2D eigenvalue weighted by Crippen LogP contribution is 2.38.